The first-order chi connectivity index (χ1) is 17.0. The Balaban J connectivity index is 1.27. The second-order valence-electron chi connectivity index (χ2n) is 10.2. The molecule has 1 aromatic carbocycles. The molecule has 4 atom stereocenters. The quantitative estimate of drug-likeness (QED) is 0.644. The number of carbonyl (C=O) groups is 2. The third-order valence-corrected chi connectivity index (χ3v) is 7.50. The fourth-order valence-corrected chi connectivity index (χ4v) is 5.57. The fraction of sp³-hybridized carbons (Fsp3) is 0.704. The van der Waals surface area contributed by atoms with Crippen LogP contribution >= 0.6 is 0 Å². The van der Waals surface area contributed by atoms with E-state index in [1.54, 1.807) is 4.90 Å². The summed E-state index contributed by atoms with van der Waals surface area (Å²) in [7, 11) is 0. The van der Waals surface area contributed by atoms with E-state index in [4.69, 9.17) is 9.47 Å². The molecule has 0 radical (unpaired) electrons. The first-order valence-electron chi connectivity index (χ1n) is 13.3. The highest BCUT2D eigenvalue weighted by Crippen LogP contribution is 2.29. The van der Waals surface area contributed by atoms with Gasteiger partial charge in [-0.05, 0) is 50.0 Å². The minimum Gasteiger partial charge on any atom is -0.389 e. The monoisotopic (exact) mass is 487 g/mol. The van der Waals surface area contributed by atoms with Crippen LogP contribution in [0, 0.1) is 5.92 Å². The number of hydrogen-bond donors (Lipinski definition) is 2. The topological polar surface area (TPSA) is 91.3 Å². The molecule has 0 aromatic heterocycles. The van der Waals surface area contributed by atoms with Crippen LogP contribution in [0.15, 0.2) is 30.3 Å². The molecule has 35 heavy (non-hydrogen) atoms. The average Bonchev–Trinajstić information content (AvgIpc) is 2.86. The number of rotatable bonds is 6. The summed E-state index contributed by atoms with van der Waals surface area (Å²) in [6, 6.07) is 10.2. The third kappa shape index (κ3) is 7.18. The molecule has 1 aromatic rings. The standard InChI is InChI=1S/C27H41N3O5/c1-2-12-28-27(33)30-17-22(31)18-34-19-25-24(30)9-8-23(35-25)16-26(32)29-13-10-21(11-14-29)15-20-6-4-3-5-7-20/h3-7,21-25,31H,2,8-19H2,1H3,(H,28,33)/t22-,23+,24-,25+/m1/s1. The zero-order valence-electron chi connectivity index (χ0n) is 20.9. The summed E-state index contributed by atoms with van der Waals surface area (Å²) in [6.07, 6.45) is 4.64. The van der Waals surface area contributed by atoms with E-state index in [0.29, 0.717) is 31.9 Å². The van der Waals surface area contributed by atoms with Gasteiger partial charge in [0.1, 0.15) is 6.10 Å². The van der Waals surface area contributed by atoms with Gasteiger partial charge >= 0.3 is 6.03 Å². The van der Waals surface area contributed by atoms with Gasteiger partial charge < -0.3 is 29.7 Å². The molecule has 3 saturated heterocycles. The molecule has 8 nitrogen and oxygen atoms in total. The van der Waals surface area contributed by atoms with Crippen LogP contribution in [0.3, 0.4) is 0 Å². The highest BCUT2D eigenvalue weighted by atomic mass is 16.5. The number of hydrogen-bond acceptors (Lipinski definition) is 5. The number of nitrogens with one attached hydrogen (secondary N) is 1. The average molecular weight is 488 g/mol. The Morgan fingerprint density at radius 2 is 1.86 bits per heavy atom. The minimum atomic E-state index is -0.715. The van der Waals surface area contributed by atoms with E-state index in [1.807, 2.05) is 17.9 Å². The Bertz CT molecular complexity index is 814. The van der Waals surface area contributed by atoms with Crippen molar-refractivity contribution in [2.45, 2.75) is 76.2 Å². The van der Waals surface area contributed by atoms with Gasteiger partial charge in [-0.2, -0.15) is 0 Å². The van der Waals surface area contributed by atoms with Crippen molar-refractivity contribution in [2.24, 2.45) is 5.92 Å². The summed E-state index contributed by atoms with van der Waals surface area (Å²) < 4.78 is 12.0. The van der Waals surface area contributed by atoms with Gasteiger partial charge in [0.25, 0.3) is 0 Å². The molecule has 3 fully saturated rings. The fourth-order valence-electron chi connectivity index (χ4n) is 5.57. The minimum absolute atomic E-state index is 0.159. The van der Waals surface area contributed by atoms with E-state index >= 15 is 0 Å². The molecular formula is C27H41N3O5. The van der Waals surface area contributed by atoms with Gasteiger partial charge in [0.05, 0.1) is 44.4 Å². The molecule has 3 aliphatic rings. The maximum Gasteiger partial charge on any atom is 0.317 e. The van der Waals surface area contributed by atoms with Crippen molar-refractivity contribution in [3.63, 3.8) is 0 Å². The number of aliphatic hydroxyl groups is 1. The summed E-state index contributed by atoms with van der Waals surface area (Å²) in [6.45, 7) is 4.93. The lowest BCUT2D eigenvalue weighted by atomic mass is 9.90. The van der Waals surface area contributed by atoms with Gasteiger partial charge in [0.15, 0.2) is 0 Å². The lowest BCUT2D eigenvalue weighted by Gasteiger charge is -2.44. The third-order valence-electron chi connectivity index (χ3n) is 7.50. The molecule has 8 heteroatoms. The van der Waals surface area contributed by atoms with Crippen LogP contribution in [0.1, 0.15) is 51.0 Å². The predicted octanol–water partition coefficient (Wildman–Crippen LogP) is 2.59. The van der Waals surface area contributed by atoms with Crippen molar-refractivity contribution in [3.05, 3.63) is 35.9 Å². The van der Waals surface area contributed by atoms with Gasteiger partial charge in [-0.3, -0.25) is 4.79 Å². The maximum atomic E-state index is 13.1. The highest BCUT2D eigenvalue weighted by molar-refractivity contribution is 5.77. The van der Waals surface area contributed by atoms with Crippen molar-refractivity contribution in [1.82, 2.24) is 15.1 Å². The number of fused-ring (bicyclic) bond motifs is 1. The van der Waals surface area contributed by atoms with Crippen LogP contribution in [0.25, 0.3) is 0 Å². The van der Waals surface area contributed by atoms with E-state index in [9.17, 15) is 14.7 Å². The molecule has 194 valence electrons. The van der Waals surface area contributed by atoms with Gasteiger partial charge in [0.2, 0.25) is 5.91 Å². The van der Waals surface area contributed by atoms with Crippen molar-refractivity contribution in [3.8, 4) is 0 Å². The SMILES string of the molecule is CCCNC(=O)N1C[C@@H](O)COC[C@@H]2O[C@H](CC(=O)N3CCC(Cc4ccccc4)CC3)CC[C@H]21. The Kier molecular flexibility index (Phi) is 9.40. The van der Waals surface area contributed by atoms with E-state index in [2.05, 4.69) is 29.6 Å². The molecule has 3 aliphatic heterocycles. The van der Waals surface area contributed by atoms with Crippen LogP contribution in [0.2, 0.25) is 0 Å². The Morgan fingerprint density at radius 1 is 1.09 bits per heavy atom. The summed E-state index contributed by atoms with van der Waals surface area (Å²) in [5, 5.41) is 13.2. The van der Waals surface area contributed by atoms with Gasteiger partial charge in [0, 0.05) is 19.6 Å². The number of carbonyl (C=O) groups excluding carboxylic acids is 2. The van der Waals surface area contributed by atoms with Crippen molar-refractivity contribution < 1.29 is 24.2 Å². The molecular weight excluding hydrogens is 446 g/mol. The van der Waals surface area contributed by atoms with Crippen LogP contribution in [-0.4, -0.2) is 90.6 Å². The van der Waals surface area contributed by atoms with E-state index in [1.165, 1.54) is 5.56 Å². The van der Waals surface area contributed by atoms with Gasteiger partial charge in [-0.15, -0.1) is 0 Å². The molecule has 0 bridgehead atoms. The number of piperidine rings is 1. The smallest absolute Gasteiger partial charge is 0.317 e. The molecule has 4 rings (SSSR count). The molecule has 3 heterocycles. The number of benzene rings is 1. The van der Waals surface area contributed by atoms with Crippen molar-refractivity contribution in [2.75, 3.05) is 39.4 Å². The molecule has 0 unspecified atom stereocenters. The number of β-amino-alcohol motifs (C(OH)–C–C–N with tert-alkyl or cyclic N) is 1. The zero-order chi connectivity index (χ0) is 24.6. The number of amides is 3. The number of nitrogens with zero attached hydrogens (tertiary/aromatic N) is 2. The first kappa shape index (κ1) is 25.9. The van der Waals surface area contributed by atoms with E-state index < -0.39 is 6.10 Å². The Morgan fingerprint density at radius 3 is 2.60 bits per heavy atom. The number of ether oxygens (including phenoxy) is 2. The van der Waals surface area contributed by atoms with Crippen LogP contribution < -0.4 is 5.32 Å². The number of aliphatic hydroxyl groups excluding tert-OH is 1. The van der Waals surface area contributed by atoms with E-state index in [-0.39, 0.29) is 43.3 Å². The summed E-state index contributed by atoms with van der Waals surface area (Å²) >= 11 is 0. The number of likely N-dealkylation sites (tertiary alicyclic amines) is 1. The highest BCUT2D eigenvalue weighted by Gasteiger charge is 2.40. The summed E-state index contributed by atoms with van der Waals surface area (Å²) in [4.78, 5) is 29.5. The van der Waals surface area contributed by atoms with Crippen LogP contribution in [0.5, 0.6) is 0 Å². The molecule has 0 saturated carbocycles. The maximum absolute atomic E-state index is 13.1. The zero-order valence-corrected chi connectivity index (χ0v) is 20.9. The molecule has 3 amide bonds. The molecule has 0 aliphatic carbocycles. The van der Waals surface area contributed by atoms with Crippen LogP contribution in [0.4, 0.5) is 4.79 Å². The van der Waals surface area contributed by atoms with Crippen molar-refractivity contribution in [1.29, 1.82) is 0 Å². The Hall–Kier alpha value is -2.16. The lowest BCUT2D eigenvalue weighted by molar-refractivity contribution is -0.155. The van der Waals surface area contributed by atoms with Crippen molar-refractivity contribution >= 4 is 11.9 Å². The molecule has 2 N–H and O–H groups in total. The summed E-state index contributed by atoms with van der Waals surface area (Å²) in [5.74, 6) is 0.784. The van der Waals surface area contributed by atoms with Gasteiger partial charge in [-0.1, -0.05) is 37.3 Å². The largest absolute Gasteiger partial charge is 0.389 e. The van der Waals surface area contributed by atoms with Gasteiger partial charge in [-0.25, -0.2) is 4.79 Å². The molecule has 0 spiro atoms. The second kappa shape index (κ2) is 12.7. The predicted molar refractivity (Wildman–Crippen MR) is 133 cm³/mol. The first-order valence-corrected chi connectivity index (χ1v) is 13.3. The normalized spacial score (nSPS) is 28.1. The Labute approximate surface area is 208 Å². The number of urea groups is 1. The van der Waals surface area contributed by atoms with Crippen LogP contribution in [-0.2, 0) is 20.7 Å². The second-order valence-corrected chi connectivity index (χ2v) is 10.2. The summed E-state index contributed by atoms with van der Waals surface area (Å²) in [5.41, 5.74) is 1.37. The van der Waals surface area contributed by atoms with E-state index in [0.717, 1.165) is 45.2 Å². The lowest BCUT2D eigenvalue weighted by Crippen LogP contribution is -2.59.